The van der Waals surface area contributed by atoms with Crippen LogP contribution in [0.1, 0.15) is 85.8 Å². The molecular formula is C20H30O2. The van der Waals surface area contributed by atoms with Crippen LogP contribution in [-0.4, -0.2) is 11.6 Å². The van der Waals surface area contributed by atoms with E-state index in [1.165, 1.54) is 22.3 Å². The van der Waals surface area contributed by atoms with E-state index in [0.29, 0.717) is 12.8 Å². The summed E-state index contributed by atoms with van der Waals surface area (Å²) in [7, 11) is 0. The Hall–Kier alpha value is -1.44. The fourth-order valence-electron chi connectivity index (χ4n) is 3.60. The lowest BCUT2D eigenvalue weighted by Gasteiger charge is -2.26. The van der Waals surface area contributed by atoms with Gasteiger partial charge < -0.3 is 0 Å². The summed E-state index contributed by atoms with van der Waals surface area (Å²) in [6, 6.07) is 0. The van der Waals surface area contributed by atoms with Gasteiger partial charge in [-0.05, 0) is 61.1 Å². The van der Waals surface area contributed by atoms with Crippen molar-refractivity contribution in [3.63, 3.8) is 0 Å². The van der Waals surface area contributed by atoms with Gasteiger partial charge in [0.1, 0.15) is 11.6 Å². The highest BCUT2D eigenvalue weighted by Gasteiger charge is 2.25. The molecule has 0 aliphatic heterocycles. The molecule has 1 aromatic carbocycles. The van der Waals surface area contributed by atoms with E-state index in [1.807, 2.05) is 27.7 Å². The molecule has 0 heterocycles. The predicted octanol–water partition coefficient (Wildman–Crippen LogP) is 5.09. The largest absolute Gasteiger partial charge is 0.299 e. The Morgan fingerprint density at radius 1 is 0.682 bits per heavy atom. The van der Waals surface area contributed by atoms with E-state index < -0.39 is 0 Å². The zero-order valence-electron chi connectivity index (χ0n) is 15.4. The predicted molar refractivity (Wildman–Crippen MR) is 92.8 cm³/mol. The monoisotopic (exact) mass is 302 g/mol. The van der Waals surface area contributed by atoms with Crippen LogP contribution in [0.3, 0.4) is 0 Å². The smallest absolute Gasteiger partial charge is 0.139 e. The number of Topliss-reactive ketones (excluding diaryl/α,β-unsaturated/α-hetero) is 2. The van der Waals surface area contributed by atoms with Crippen LogP contribution in [0, 0.1) is 27.7 Å². The Balaban J connectivity index is 3.58. The molecule has 0 amide bonds. The van der Waals surface area contributed by atoms with Crippen LogP contribution in [0.2, 0.25) is 0 Å². The number of ketones is 2. The molecule has 0 aliphatic rings. The highest BCUT2D eigenvalue weighted by atomic mass is 16.1. The first-order valence-corrected chi connectivity index (χ1v) is 8.34. The van der Waals surface area contributed by atoms with E-state index in [9.17, 15) is 9.59 Å². The zero-order chi connectivity index (χ0) is 17.2. The van der Waals surface area contributed by atoms with Crippen LogP contribution in [0.15, 0.2) is 0 Å². The van der Waals surface area contributed by atoms with Gasteiger partial charge >= 0.3 is 0 Å². The molecular weight excluding hydrogens is 272 g/mol. The number of hydrogen-bond acceptors (Lipinski definition) is 2. The van der Waals surface area contributed by atoms with Gasteiger partial charge in [-0.3, -0.25) is 9.59 Å². The lowest BCUT2D eigenvalue weighted by Crippen LogP contribution is -2.17. The number of carbonyl (C=O) groups excluding carboxylic acids is 2. The van der Waals surface area contributed by atoms with Crippen LogP contribution >= 0.6 is 0 Å². The van der Waals surface area contributed by atoms with E-state index in [-0.39, 0.29) is 23.4 Å². The van der Waals surface area contributed by atoms with Gasteiger partial charge in [0.05, 0.1) is 0 Å². The SMILES string of the molecule is CCC(=O)C(C)c1c(C)c(C)c(C(C)C(=O)CC)c(C)c1C. The molecule has 2 atom stereocenters. The van der Waals surface area contributed by atoms with E-state index >= 15 is 0 Å². The van der Waals surface area contributed by atoms with Crippen LogP contribution in [-0.2, 0) is 9.59 Å². The molecule has 22 heavy (non-hydrogen) atoms. The van der Waals surface area contributed by atoms with Crippen LogP contribution < -0.4 is 0 Å². The third-order valence-electron chi connectivity index (χ3n) is 5.27. The number of carbonyl (C=O) groups is 2. The Morgan fingerprint density at radius 3 is 1.09 bits per heavy atom. The van der Waals surface area contributed by atoms with Crippen molar-refractivity contribution in [2.75, 3.05) is 0 Å². The Labute approximate surface area is 135 Å². The minimum atomic E-state index is -0.0753. The van der Waals surface area contributed by atoms with Gasteiger partial charge in [0.15, 0.2) is 0 Å². The molecule has 0 N–H and O–H groups in total. The molecule has 122 valence electrons. The number of rotatable bonds is 6. The van der Waals surface area contributed by atoms with Crippen LogP contribution in [0.25, 0.3) is 0 Å². The second-order valence-corrected chi connectivity index (χ2v) is 6.41. The van der Waals surface area contributed by atoms with Crippen LogP contribution in [0.5, 0.6) is 0 Å². The summed E-state index contributed by atoms with van der Waals surface area (Å²) < 4.78 is 0. The molecule has 0 bridgehead atoms. The summed E-state index contributed by atoms with van der Waals surface area (Å²) in [6.07, 6.45) is 1.12. The number of hydrogen-bond donors (Lipinski definition) is 0. The van der Waals surface area contributed by atoms with Gasteiger partial charge in [-0.15, -0.1) is 0 Å². The van der Waals surface area contributed by atoms with Crippen molar-refractivity contribution in [2.24, 2.45) is 0 Å². The highest BCUT2D eigenvalue weighted by Crippen LogP contribution is 2.36. The second kappa shape index (κ2) is 7.21. The molecule has 2 unspecified atom stereocenters. The van der Waals surface area contributed by atoms with Gasteiger partial charge in [0.25, 0.3) is 0 Å². The maximum atomic E-state index is 12.2. The van der Waals surface area contributed by atoms with E-state index in [4.69, 9.17) is 0 Å². The molecule has 0 aromatic heterocycles. The van der Waals surface area contributed by atoms with Gasteiger partial charge in [0.2, 0.25) is 0 Å². The number of benzene rings is 1. The normalized spacial score (nSPS) is 13.8. The second-order valence-electron chi connectivity index (χ2n) is 6.41. The summed E-state index contributed by atoms with van der Waals surface area (Å²) in [4.78, 5) is 24.3. The maximum absolute atomic E-state index is 12.2. The van der Waals surface area contributed by atoms with Gasteiger partial charge in [-0.2, -0.15) is 0 Å². The fourth-order valence-corrected chi connectivity index (χ4v) is 3.60. The molecule has 1 rings (SSSR count). The van der Waals surface area contributed by atoms with Gasteiger partial charge in [-0.25, -0.2) is 0 Å². The van der Waals surface area contributed by atoms with E-state index in [2.05, 4.69) is 27.7 Å². The van der Waals surface area contributed by atoms with Crippen molar-refractivity contribution in [1.29, 1.82) is 0 Å². The molecule has 1 aromatic rings. The standard InChI is InChI=1S/C20H30O2/c1-9-17(21)15(7)19-11(3)13(5)20(14(6)12(19)4)16(8)18(22)10-2/h15-16H,9-10H2,1-8H3. The first-order valence-electron chi connectivity index (χ1n) is 8.34. The topological polar surface area (TPSA) is 34.1 Å². The molecule has 0 aliphatic carbocycles. The Bertz CT molecular complexity index is 514. The van der Waals surface area contributed by atoms with Crippen molar-refractivity contribution >= 4 is 11.6 Å². The molecule has 0 radical (unpaired) electrons. The van der Waals surface area contributed by atoms with E-state index in [1.54, 1.807) is 0 Å². The zero-order valence-corrected chi connectivity index (χ0v) is 15.4. The summed E-state index contributed by atoms with van der Waals surface area (Å²) in [5.41, 5.74) is 6.99. The lowest BCUT2D eigenvalue weighted by atomic mass is 9.78. The lowest BCUT2D eigenvalue weighted by molar-refractivity contribution is -0.120. The average Bonchev–Trinajstić information content (AvgIpc) is 2.51. The molecule has 2 heteroatoms. The molecule has 0 saturated heterocycles. The molecule has 0 fully saturated rings. The maximum Gasteiger partial charge on any atom is 0.139 e. The minimum Gasteiger partial charge on any atom is -0.299 e. The average molecular weight is 302 g/mol. The Morgan fingerprint density at radius 2 is 0.909 bits per heavy atom. The quantitative estimate of drug-likeness (QED) is 0.734. The van der Waals surface area contributed by atoms with Gasteiger partial charge in [0, 0.05) is 24.7 Å². The fraction of sp³-hybridized carbons (Fsp3) is 0.600. The molecule has 0 saturated carbocycles. The third kappa shape index (κ3) is 3.16. The molecule has 2 nitrogen and oxygen atoms in total. The van der Waals surface area contributed by atoms with Crippen molar-refractivity contribution in [2.45, 2.75) is 80.1 Å². The van der Waals surface area contributed by atoms with E-state index in [0.717, 1.165) is 11.1 Å². The van der Waals surface area contributed by atoms with Crippen molar-refractivity contribution in [3.05, 3.63) is 33.4 Å². The Kier molecular flexibility index (Phi) is 6.10. The first-order chi connectivity index (χ1) is 10.2. The third-order valence-corrected chi connectivity index (χ3v) is 5.27. The van der Waals surface area contributed by atoms with Crippen LogP contribution in [0.4, 0.5) is 0 Å². The summed E-state index contributed by atoms with van der Waals surface area (Å²) in [5.74, 6) is 0.396. The summed E-state index contributed by atoms with van der Waals surface area (Å²) in [6.45, 7) is 16.2. The van der Waals surface area contributed by atoms with Crippen molar-refractivity contribution in [1.82, 2.24) is 0 Å². The van der Waals surface area contributed by atoms with Crippen molar-refractivity contribution < 1.29 is 9.59 Å². The highest BCUT2D eigenvalue weighted by molar-refractivity contribution is 5.88. The van der Waals surface area contributed by atoms with Crippen molar-refractivity contribution in [3.8, 4) is 0 Å². The molecule has 0 spiro atoms. The minimum absolute atomic E-state index is 0.0753. The first kappa shape index (κ1) is 18.6. The summed E-state index contributed by atoms with van der Waals surface area (Å²) >= 11 is 0. The summed E-state index contributed by atoms with van der Waals surface area (Å²) in [5, 5.41) is 0. The van der Waals surface area contributed by atoms with Gasteiger partial charge in [-0.1, -0.05) is 27.7 Å².